The average Bonchev–Trinajstić information content (AvgIpc) is 2.24. The lowest BCUT2D eigenvalue weighted by Crippen LogP contribution is -2.34. The summed E-state index contributed by atoms with van der Waals surface area (Å²) in [6.45, 7) is 2.58. The van der Waals surface area contributed by atoms with Crippen molar-refractivity contribution in [2.75, 3.05) is 12.3 Å². The first-order valence-electron chi connectivity index (χ1n) is 5.31. The summed E-state index contributed by atoms with van der Waals surface area (Å²) in [4.78, 5) is 12.1. The third-order valence-electron chi connectivity index (χ3n) is 2.18. The van der Waals surface area contributed by atoms with Crippen LogP contribution < -0.4 is 5.32 Å². The highest BCUT2D eigenvalue weighted by Gasteiger charge is 2.27. The molecule has 2 nitrogen and oxygen atoms in total. The van der Waals surface area contributed by atoms with Crippen LogP contribution in [0.5, 0.6) is 0 Å². The molecule has 0 bridgehead atoms. The smallest absolute Gasteiger partial charge is 0.346 e. The number of carbonyl (C=O) groups is 1. The van der Waals surface area contributed by atoms with E-state index in [2.05, 4.69) is 0 Å². The standard InChI is InChI=1S/C12H14F3NOS/c1-8-3-4-10(9(2)5-8)18-6-11(17)16-7-12(13,14)15/h3-5H,6-7H2,1-2H3,(H,16,17). The van der Waals surface area contributed by atoms with Gasteiger partial charge in [0, 0.05) is 4.90 Å². The maximum Gasteiger partial charge on any atom is 0.405 e. The van der Waals surface area contributed by atoms with Crippen LogP contribution in [0.1, 0.15) is 11.1 Å². The van der Waals surface area contributed by atoms with Crippen LogP contribution in [0.4, 0.5) is 13.2 Å². The van der Waals surface area contributed by atoms with Gasteiger partial charge in [-0.05, 0) is 25.5 Å². The van der Waals surface area contributed by atoms with Gasteiger partial charge < -0.3 is 5.32 Å². The Morgan fingerprint density at radius 2 is 2.00 bits per heavy atom. The lowest BCUT2D eigenvalue weighted by atomic mass is 10.2. The van der Waals surface area contributed by atoms with E-state index in [1.807, 2.05) is 37.4 Å². The molecule has 1 aromatic carbocycles. The van der Waals surface area contributed by atoms with Crippen molar-refractivity contribution in [1.82, 2.24) is 5.32 Å². The van der Waals surface area contributed by atoms with Crippen LogP contribution in [0.15, 0.2) is 23.1 Å². The number of hydrogen-bond donors (Lipinski definition) is 1. The van der Waals surface area contributed by atoms with Crippen LogP contribution in [0.3, 0.4) is 0 Å². The molecule has 1 rings (SSSR count). The number of alkyl halides is 3. The van der Waals surface area contributed by atoms with E-state index in [0.717, 1.165) is 16.0 Å². The van der Waals surface area contributed by atoms with Crippen LogP contribution >= 0.6 is 11.8 Å². The fraction of sp³-hybridized carbons (Fsp3) is 0.417. The Morgan fingerprint density at radius 3 is 2.56 bits per heavy atom. The number of nitrogens with one attached hydrogen (secondary N) is 1. The predicted molar refractivity (Wildman–Crippen MR) is 65.7 cm³/mol. The van der Waals surface area contributed by atoms with Gasteiger partial charge in [-0.15, -0.1) is 11.8 Å². The average molecular weight is 277 g/mol. The third-order valence-corrected chi connectivity index (χ3v) is 3.35. The second-order valence-corrected chi connectivity index (χ2v) is 4.97. The van der Waals surface area contributed by atoms with Crippen molar-refractivity contribution >= 4 is 17.7 Å². The van der Waals surface area contributed by atoms with Gasteiger partial charge in [0.05, 0.1) is 5.75 Å². The molecule has 0 heterocycles. The Morgan fingerprint density at radius 1 is 1.33 bits per heavy atom. The zero-order valence-electron chi connectivity index (χ0n) is 10.1. The minimum atomic E-state index is -4.36. The predicted octanol–water partition coefficient (Wildman–Crippen LogP) is 3.07. The number of carbonyl (C=O) groups excluding carboxylic acids is 1. The van der Waals surface area contributed by atoms with Crippen LogP contribution in [0, 0.1) is 13.8 Å². The van der Waals surface area contributed by atoms with Gasteiger partial charge in [0.15, 0.2) is 0 Å². The van der Waals surface area contributed by atoms with Gasteiger partial charge in [0.2, 0.25) is 5.91 Å². The maximum atomic E-state index is 11.9. The third kappa shape index (κ3) is 5.44. The molecule has 0 fully saturated rings. The SMILES string of the molecule is Cc1ccc(SCC(=O)NCC(F)(F)F)c(C)c1. The first-order valence-corrected chi connectivity index (χ1v) is 6.30. The minimum absolute atomic E-state index is 0.0139. The summed E-state index contributed by atoms with van der Waals surface area (Å²) in [5.41, 5.74) is 2.13. The van der Waals surface area contributed by atoms with Gasteiger partial charge in [0.1, 0.15) is 6.54 Å². The first-order chi connectivity index (χ1) is 8.28. The molecule has 0 aliphatic heterocycles. The van der Waals surface area contributed by atoms with Crippen molar-refractivity contribution in [3.8, 4) is 0 Å². The highest BCUT2D eigenvalue weighted by molar-refractivity contribution is 8.00. The highest BCUT2D eigenvalue weighted by Crippen LogP contribution is 2.23. The summed E-state index contributed by atoms with van der Waals surface area (Å²) >= 11 is 1.24. The maximum absolute atomic E-state index is 11.9. The van der Waals surface area contributed by atoms with Crippen molar-refractivity contribution in [2.45, 2.75) is 24.9 Å². The molecule has 1 amide bonds. The summed E-state index contributed by atoms with van der Waals surface area (Å²) < 4.78 is 35.6. The van der Waals surface area contributed by atoms with E-state index in [1.165, 1.54) is 11.8 Å². The number of thioether (sulfide) groups is 1. The van der Waals surface area contributed by atoms with Gasteiger partial charge in [-0.2, -0.15) is 13.2 Å². The van der Waals surface area contributed by atoms with Crippen LogP contribution in [-0.2, 0) is 4.79 Å². The van der Waals surface area contributed by atoms with Crippen molar-refractivity contribution in [2.24, 2.45) is 0 Å². The molecular formula is C12H14F3NOS. The van der Waals surface area contributed by atoms with E-state index in [9.17, 15) is 18.0 Å². The van der Waals surface area contributed by atoms with Crippen molar-refractivity contribution in [3.63, 3.8) is 0 Å². The van der Waals surface area contributed by atoms with E-state index in [1.54, 1.807) is 0 Å². The van der Waals surface area contributed by atoms with Crippen LogP contribution in [0.2, 0.25) is 0 Å². The lowest BCUT2D eigenvalue weighted by Gasteiger charge is -2.09. The number of halogens is 3. The van der Waals surface area contributed by atoms with E-state index >= 15 is 0 Å². The first kappa shape index (κ1) is 14.9. The normalized spacial score (nSPS) is 11.4. The zero-order valence-corrected chi connectivity index (χ0v) is 10.9. The molecule has 1 N–H and O–H groups in total. The molecule has 0 aromatic heterocycles. The Bertz CT molecular complexity index is 432. The van der Waals surface area contributed by atoms with Crippen LogP contribution in [0.25, 0.3) is 0 Å². The molecule has 0 spiro atoms. The van der Waals surface area contributed by atoms with E-state index < -0.39 is 18.6 Å². The van der Waals surface area contributed by atoms with Crippen molar-refractivity contribution < 1.29 is 18.0 Å². The summed E-state index contributed by atoms with van der Waals surface area (Å²) in [6, 6.07) is 5.74. The fourth-order valence-corrected chi connectivity index (χ4v) is 2.19. The Kier molecular flexibility index (Phi) is 5.07. The Balaban J connectivity index is 2.43. The van der Waals surface area contributed by atoms with Gasteiger partial charge in [-0.1, -0.05) is 17.7 Å². The molecule has 0 radical (unpaired) electrons. The number of hydrogen-bond acceptors (Lipinski definition) is 2. The summed E-state index contributed by atoms with van der Waals surface area (Å²) in [7, 11) is 0. The lowest BCUT2D eigenvalue weighted by molar-refractivity contribution is -0.136. The number of amides is 1. The molecule has 100 valence electrons. The quantitative estimate of drug-likeness (QED) is 0.857. The van der Waals surface area contributed by atoms with Crippen molar-refractivity contribution in [1.29, 1.82) is 0 Å². The second kappa shape index (κ2) is 6.13. The summed E-state index contributed by atoms with van der Waals surface area (Å²) in [5, 5.41) is 1.84. The summed E-state index contributed by atoms with van der Waals surface area (Å²) in [6.07, 6.45) is -4.36. The van der Waals surface area contributed by atoms with Crippen molar-refractivity contribution in [3.05, 3.63) is 29.3 Å². The number of rotatable bonds is 4. The highest BCUT2D eigenvalue weighted by atomic mass is 32.2. The van der Waals surface area contributed by atoms with Crippen LogP contribution in [-0.4, -0.2) is 24.4 Å². The minimum Gasteiger partial charge on any atom is -0.346 e. The van der Waals surface area contributed by atoms with E-state index in [-0.39, 0.29) is 5.75 Å². The fourth-order valence-electron chi connectivity index (χ4n) is 1.35. The molecule has 0 saturated heterocycles. The topological polar surface area (TPSA) is 29.1 Å². The number of aryl methyl sites for hydroxylation is 2. The van der Waals surface area contributed by atoms with Gasteiger partial charge in [-0.25, -0.2) is 0 Å². The largest absolute Gasteiger partial charge is 0.405 e. The molecule has 0 saturated carbocycles. The molecule has 6 heteroatoms. The van der Waals surface area contributed by atoms with Gasteiger partial charge >= 0.3 is 6.18 Å². The van der Waals surface area contributed by atoms with E-state index in [4.69, 9.17) is 0 Å². The molecule has 0 unspecified atom stereocenters. The molecule has 0 atom stereocenters. The molecular weight excluding hydrogens is 263 g/mol. The Labute approximate surface area is 108 Å². The molecule has 0 aliphatic carbocycles. The second-order valence-electron chi connectivity index (χ2n) is 3.95. The molecule has 1 aromatic rings. The summed E-state index contributed by atoms with van der Waals surface area (Å²) in [5.74, 6) is -0.628. The number of benzene rings is 1. The van der Waals surface area contributed by atoms with Gasteiger partial charge in [-0.3, -0.25) is 4.79 Å². The Hall–Kier alpha value is -1.17. The van der Waals surface area contributed by atoms with Gasteiger partial charge in [0.25, 0.3) is 0 Å². The monoisotopic (exact) mass is 277 g/mol. The zero-order chi connectivity index (χ0) is 13.8. The van der Waals surface area contributed by atoms with E-state index in [0.29, 0.717) is 0 Å². The molecule has 18 heavy (non-hydrogen) atoms. The molecule has 0 aliphatic rings.